The fourth-order valence-corrected chi connectivity index (χ4v) is 3.27. The molecule has 0 bridgehead atoms. The summed E-state index contributed by atoms with van der Waals surface area (Å²) in [6.45, 7) is 11.0. The van der Waals surface area contributed by atoms with Crippen LogP contribution in [0.15, 0.2) is 24.3 Å². The second kappa shape index (κ2) is 8.67. The van der Waals surface area contributed by atoms with Gasteiger partial charge in [-0.15, -0.1) is 0 Å². The molecule has 0 aromatic heterocycles. The van der Waals surface area contributed by atoms with E-state index in [1.807, 2.05) is 49.9 Å². The Balaban J connectivity index is 1.85. The molecule has 26 heavy (non-hydrogen) atoms. The highest BCUT2D eigenvalue weighted by molar-refractivity contribution is 5.91. The lowest BCUT2D eigenvalue weighted by molar-refractivity contribution is -0.129. The van der Waals surface area contributed by atoms with Crippen molar-refractivity contribution in [1.29, 1.82) is 0 Å². The van der Waals surface area contributed by atoms with Gasteiger partial charge in [0.05, 0.1) is 6.42 Å². The van der Waals surface area contributed by atoms with Gasteiger partial charge in [0, 0.05) is 31.2 Å². The van der Waals surface area contributed by atoms with Crippen LogP contribution in [0.2, 0.25) is 0 Å². The Bertz CT molecular complexity index is 619. The maximum Gasteiger partial charge on any atom is 0.227 e. The Hall–Kier alpha value is -1.88. The van der Waals surface area contributed by atoms with E-state index in [4.69, 9.17) is 0 Å². The van der Waals surface area contributed by atoms with Gasteiger partial charge in [-0.05, 0) is 43.1 Å². The number of amides is 2. The van der Waals surface area contributed by atoms with Gasteiger partial charge in [0.2, 0.25) is 11.8 Å². The summed E-state index contributed by atoms with van der Waals surface area (Å²) in [5, 5.41) is 2.92. The molecule has 1 fully saturated rings. The van der Waals surface area contributed by atoms with Crippen molar-refractivity contribution in [2.75, 3.05) is 32.0 Å². The number of hydrogen-bond donors (Lipinski definition) is 1. The number of carbonyl (C=O) groups excluding carboxylic acids is 2. The van der Waals surface area contributed by atoms with Crippen LogP contribution in [-0.4, -0.2) is 54.3 Å². The molecule has 1 aromatic rings. The topological polar surface area (TPSA) is 52.6 Å². The number of nitrogens with zero attached hydrogens (tertiary/aromatic N) is 2. The minimum absolute atomic E-state index is 0.0180. The van der Waals surface area contributed by atoms with Crippen LogP contribution in [-0.2, 0) is 16.0 Å². The van der Waals surface area contributed by atoms with E-state index in [1.54, 1.807) is 0 Å². The van der Waals surface area contributed by atoms with Crippen molar-refractivity contribution in [3.63, 3.8) is 0 Å². The van der Waals surface area contributed by atoms with Gasteiger partial charge in [-0.25, -0.2) is 0 Å². The fourth-order valence-electron chi connectivity index (χ4n) is 3.27. The molecule has 1 heterocycles. The van der Waals surface area contributed by atoms with Crippen molar-refractivity contribution in [1.82, 2.24) is 9.80 Å². The van der Waals surface area contributed by atoms with Crippen LogP contribution in [0.5, 0.6) is 0 Å². The Labute approximate surface area is 157 Å². The normalized spacial score (nSPS) is 17.6. The van der Waals surface area contributed by atoms with E-state index in [2.05, 4.69) is 24.2 Å². The summed E-state index contributed by atoms with van der Waals surface area (Å²) in [5.74, 6) is 0.200. The molecule has 5 heteroatoms. The third-order valence-electron chi connectivity index (χ3n) is 4.92. The van der Waals surface area contributed by atoms with Crippen molar-refractivity contribution in [2.24, 2.45) is 5.41 Å². The SMILES string of the molecule is CCN(C)C1CCN(C(=O)Cc2ccc(NC(=O)CC(C)(C)C)cc2)C1. The lowest BCUT2D eigenvalue weighted by Gasteiger charge is -2.23. The molecule has 0 radical (unpaired) electrons. The number of likely N-dealkylation sites (tertiary alicyclic amines) is 1. The zero-order valence-electron chi connectivity index (χ0n) is 16.8. The predicted octanol–water partition coefficient (Wildman–Crippen LogP) is 3.16. The van der Waals surface area contributed by atoms with Gasteiger partial charge < -0.3 is 15.1 Å². The van der Waals surface area contributed by atoms with Crippen LogP contribution in [0.1, 0.15) is 46.1 Å². The Kier molecular flexibility index (Phi) is 6.81. The molecule has 5 nitrogen and oxygen atoms in total. The van der Waals surface area contributed by atoms with E-state index < -0.39 is 0 Å². The maximum atomic E-state index is 12.5. The Morgan fingerprint density at radius 3 is 2.46 bits per heavy atom. The van der Waals surface area contributed by atoms with Gasteiger partial charge in [0.15, 0.2) is 0 Å². The summed E-state index contributed by atoms with van der Waals surface area (Å²) >= 11 is 0. The molecular formula is C21H33N3O2. The maximum absolute atomic E-state index is 12.5. The molecule has 1 N–H and O–H groups in total. The first-order valence-electron chi connectivity index (χ1n) is 9.55. The molecule has 1 atom stereocenters. The van der Waals surface area contributed by atoms with Gasteiger partial charge >= 0.3 is 0 Å². The van der Waals surface area contributed by atoms with Gasteiger partial charge in [0.25, 0.3) is 0 Å². The number of rotatable bonds is 6. The first-order valence-corrected chi connectivity index (χ1v) is 9.55. The fraction of sp³-hybridized carbons (Fsp3) is 0.619. The van der Waals surface area contributed by atoms with Crippen molar-refractivity contribution < 1.29 is 9.59 Å². The minimum Gasteiger partial charge on any atom is -0.341 e. The first-order chi connectivity index (χ1) is 12.2. The van der Waals surface area contributed by atoms with E-state index in [0.717, 1.165) is 37.3 Å². The number of benzene rings is 1. The van der Waals surface area contributed by atoms with Gasteiger partial charge in [0.1, 0.15) is 0 Å². The smallest absolute Gasteiger partial charge is 0.227 e. The number of hydrogen-bond acceptors (Lipinski definition) is 3. The predicted molar refractivity (Wildman–Crippen MR) is 106 cm³/mol. The van der Waals surface area contributed by atoms with Crippen molar-refractivity contribution in [3.8, 4) is 0 Å². The van der Waals surface area contributed by atoms with Crippen LogP contribution >= 0.6 is 0 Å². The van der Waals surface area contributed by atoms with Crippen molar-refractivity contribution >= 4 is 17.5 Å². The molecule has 1 aliphatic heterocycles. The number of likely N-dealkylation sites (N-methyl/N-ethyl adjacent to an activating group) is 1. The third kappa shape index (κ3) is 6.13. The zero-order chi connectivity index (χ0) is 19.3. The van der Waals surface area contributed by atoms with Gasteiger partial charge in [-0.1, -0.05) is 39.8 Å². The molecule has 1 saturated heterocycles. The highest BCUT2D eigenvalue weighted by atomic mass is 16.2. The zero-order valence-corrected chi connectivity index (χ0v) is 16.8. The van der Waals surface area contributed by atoms with Crippen molar-refractivity contribution in [2.45, 2.75) is 53.0 Å². The largest absolute Gasteiger partial charge is 0.341 e. The van der Waals surface area contributed by atoms with Gasteiger partial charge in [-0.3, -0.25) is 9.59 Å². The summed E-state index contributed by atoms with van der Waals surface area (Å²) in [6, 6.07) is 8.08. The summed E-state index contributed by atoms with van der Waals surface area (Å²) in [6.07, 6.45) is 1.95. The minimum atomic E-state index is -0.0319. The summed E-state index contributed by atoms with van der Waals surface area (Å²) in [5.41, 5.74) is 1.73. The van der Waals surface area contributed by atoms with Crippen LogP contribution in [0, 0.1) is 5.41 Å². The summed E-state index contributed by atoms with van der Waals surface area (Å²) in [4.78, 5) is 28.8. The Morgan fingerprint density at radius 2 is 1.88 bits per heavy atom. The van der Waals surface area contributed by atoms with Crippen LogP contribution < -0.4 is 5.32 Å². The molecule has 0 saturated carbocycles. The lowest BCUT2D eigenvalue weighted by atomic mass is 9.92. The average molecular weight is 360 g/mol. The van der Waals surface area contributed by atoms with Crippen LogP contribution in [0.25, 0.3) is 0 Å². The van der Waals surface area contributed by atoms with Crippen molar-refractivity contribution in [3.05, 3.63) is 29.8 Å². The number of nitrogens with one attached hydrogen (secondary N) is 1. The average Bonchev–Trinajstić information content (AvgIpc) is 3.04. The van der Waals surface area contributed by atoms with Crippen LogP contribution in [0.4, 0.5) is 5.69 Å². The Morgan fingerprint density at radius 1 is 1.23 bits per heavy atom. The van der Waals surface area contributed by atoms with E-state index in [9.17, 15) is 9.59 Å². The first kappa shape index (κ1) is 20.4. The molecule has 2 rings (SSSR count). The quantitative estimate of drug-likeness (QED) is 0.849. The molecule has 1 aliphatic rings. The molecule has 1 aromatic carbocycles. The standard InChI is InChI=1S/C21H33N3O2/c1-6-23(5)18-11-12-24(15-18)20(26)13-16-7-9-17(10-8-16)22-19(25)14-21(2,3)4/h7-10,18H,6,11-15H2,1-5H3,(H,22,25). The van der Waals surface area contributed by atoms with E-state index in [0.29, 0.717) is 18.9 Å². The van der Waals surface area contributed by atoms with Gasteiger partial charge in [-0.2, -0.15) is 0 Å². The molecule has 1 unspecified atom stereocenters. The lowest BCUT2D eigenvalue weighted by Crippen LogP contribution is -2.36. The molecule has 2 amide bonds. The molecule has 0 spiro atoms. The number of anilines is 1. The molecule has 144 valence electrons. The highest BCUT2D eigenvalue weighted by Gasteiger charge is 2.28. The molecule has 0 aliphatic carbocycles. The highest BCUT2D eigenvalue weighted by Crippen LogP contribution is 2.20. The number of carbonyl (C=O) groups is 2. The third-order valence-corrected chi connectivity index (χ3v) is 4.92. The van der Waals surface area contributed by atoms with E-state index >= 15 is 0 Å². The van der Waals surface area contributed by atoms with E-state index in [-0.39, 0.29) is 17.2 Å². The second-order valence-electron chi connectivity index (χ2n) is 8.51. The summed E-state index contributed by atoms with van der Waals surface area (Å²) in [7, 11) is 2.12. The van der Waals surface area contributed by atoms with Crippen LogP contribution in [0.3, 0.4) is 0 Å². The monoisotopic (exact) mass is 359 g/mol. The summed E-state index contributed by atoms with van der Waals surface area (Å²) < 4.78 is 0. The van der Waals surface area contributed by atoms with E-state index in [1.165, 1.54) is 0 Å². The molecular weight excluding hydrogens is 326 g/mol. The second-order valence-corrected chi connectivity index (χ2v) is 8.51.